The minimum absolute atomic E-state index is 0.171. The fourth-order valence-electron chi connectivity index (χ4n) is 1.36. The molecule has 0 saturated carbocycles. The molecule has 0 aliphatic rings. The van der Waals surface area contributed by atoms with Crippen LogP contribution in [0.1, 0.15) is 18.5 Å². The molecule has 0 heterocycles. The van der Waals surface area contributed by atoms with E-state index >= 15 is 0 Å². The second kappa shape index (κ2) is 7.33. The van der Waals surface area contributed by atoms with Crippen LogP contribution in [0.15, 0.2) is 18.2 Å². The summed E-state index contributed by atoms with van der Waals surface area (Å²) in [6.07, 6.45) is 0. The topological polar surface area (TPSA) is 52.3 Å². The number of rotatable bonds is 6. The van der Waals surface area contributed by atoms with E-state index in [1.54, 1.807) is 6.92 Å². The van der Waals surface area contributed by atoms with Crippen LogP contribution < -0.4 is 5.73 Å². The number of hydrogen-bond acceptors (Lipinski definition) is 4. The quantitative estimate of drug-likeness (QED) is 0.809. The minimum Gasteiger partial charge on any atom is -0.465 e. The maximum Gasteiger partial charge on any atom is 0.315 e. The molecule has 6 heteroatoms. The number of thioether (sulfide) groups is 1. The molecule has 1 unspecified atom stereocenters. The van der Waals surface area contributed by atoms with Crippen LogP contribution in [-0.2, 0) is 9.53 Å². The van der Waals surface area contributed by atoms with Crippen molar-refractivity contribution in [3.8, 4) is 0 Å². The van der Waals surface area contributed by atoms with E-state index in [0.29, 0.717) is 12.4 Å². The fraction of sp³-hybridized carbons (Fsp3) is 0.417. The number of carbonyl (C=O) groups is 1. The van der Waals surface area contributed by atoms with Gasteiger partial charge in [-0.3, -0.25) is 4.79 Å². The third-order valence-electron chi connectivity index (χ3n) is 2.18. The number of carbonyl (C=O) groups excluding carboxylic acids is 1. The molecule has 0 bridgehead atoms. The van der Waals surface area contributed by atoms with E-state index < -0.39 is 17.7 Å². The van der Waals surface area contributed by atoms with E-state index in [9.17, 15) is 13.6 Å². The average molecular weight is 275 g/mol. The lowest BCUT2D eigenvalue weighted by molar-refractivity contribution is -0.139. The highest BCUT2D eigenvalue weighted by molar-refractivity contribution is 7.99. The Morgan fingerprint density at radius 3 is 2.83 bits per heavy atom. The standard InChI is InChI=1S/C12H15F2NO2S/c1-2-17-12(16)7-18-6-11(15)9-4-3-8(13)5-10(9)14/h3-5,11H,2,6-7,15H2,1H3. The summed E-state index contributed by atoms with van der Waals surface area (Å²) in [5.41, 5.74) is 6.01. The molecule has 3 nitrogen and oxygen atoms in total. The van der Waals surface area contributed by atoms with Gasteiger partial charge in [-0.15, -0.1) is 11.8 Å². The minimum atomic E-state index is -0.667. The second-order valence-corrected chi connectivity index (χ2v) is 4.62. The Hall–Kier alpha value is -1.14. The summed E-state index contributed by atoms with van der Waals surface area (Å²) >= 11 is 1.26. The highest BCUT2D eigenvalue weighted by Crippen LogP contribution is 2.20. The Labute approximate surface area is 109 Å². The van der Waals surface area contributed by atoms with Gasteiger partial charge in [0, 0.05) is 23.4 Å². The normalized spacial score (nSPS) is 12.2. The third-order valence-corrected chi connectivity index (χ3v) is 3.22. The number of hydrogen-bond donors (Lipinski definition) is 1. The van der Waals surface area contributed by atoms with Gasteiger partial charge in [-0.1, -0.05) is 6.07 Å². The van der Waals surface area contributed by atoms with Crippen LogP contribution in [0, 0.1) is 11.6 Å². The van der Waals surface area contributed by atoms with Gasteiger partial charge in [0.15, 0.2) is 0 Å². The largest absolute Gasteiger partial charge is 0.465 e. The number of ether oxygens (including phenoxy) is 1. The average Bonchev–Trinajstić information content (AvgIpc) is 2.29. The van der Waals surface area contributed by atoms with Crippen LogP contribution >= 0.6 is 11.8 Å². The molecule has 0 spiro atoms. The van der Waals surface area contributed by atoms with Crippen LogP contribution in [0.5, 0.6) is 0 Å². The summed E-state index contributed by atoms with van der Waals surface area (Å²) in [4.78, 5) is 11.1. The van der Waals surface area contributed by atoms with E-state index in [2.05, 4.69) is 0 Å². The van der Waals surface area contributed by atoms with Crippen molar-refractivity contribution in [1.29, 1.82) is 0 Å². The molecule has 0 radical (unpaired) electrons. The van der Waals surface area contributed by atoms with Crippen molar-refractivity contribution < 1.29 is 18.3 Å². The molecular formula is C12H15F2NO2S. The molecule has 0 aromatic heterocycles. The van der Waals surface area contributed by atoms with Gasteiger partial charge in [0.2, 0.25) is 0 Å². The van der Waals surface area contributed by atoms with Gasteiger partial charge in [0.05, 0.1) is 12.4 Å². The molecule has 18 heavy (non-hydrogen) atoms. The zero-order chi connectivity index (χ0) is 13.5. The first-order valence-corrected chi connectivity index (χ1v) is 6.64. The molecule has 0 amide bonds. The molecule has 0 aliphatic heterocycles. The second-order valence-electron chi connectivity index (χ2n) is 3.59. The third kappa shape index (κ3) is 4.62. The van der Waals surface area contributed by atoms with Gasteiger partial charge in [-0.05, 0) is 13.0 Å². The Morgan fingerprint density at radius 2 is 2.22 bits per heavy atom. The Balaban J connectivity index is 2.45. The fourth-order valence-corrected chi connectivity index (χ4v) is 2.17. The van der Waals surface area contributed by atoms with Crippen LogP contribution in [0.4, 0.5) is 8.78 Å². The van der Waals surface area contributed by atoms with Crippen LogP contribution in [-0.4, -0.2) is 24.1 Å². The summed E-state index contributed by atoms with van der Waals surface area (Å²) < 4.78 is 30.8. The van der Waals surface area contributed by atoms with Crippen molar-refractivity contribution in [2.75, 3.05) is 18.1 Å². The predicted molar refractivity (Wildman–Crippen MR) is 67.2 cm³/mol. The maximum atomic E-state index is 13.4. The highest BCUT2D eigenvalue weighted by Gasteiger charge is 2.13. The van der Waals surface area contributed by atoms with Gasteiger partial charge in [-0.2, -0.15) is 0 Å². The van der Waals surface area contributed by atoms with E-state index in [1.807, 2.05) is 0 Å². The smallest absolute Gasteiger partial charge is 0.315 e. The Morgan fingerprint density at radius 1 is 1.50 bits per heavy atom. The molecule has 1 rings (SSSR count). The van der Waals surface area contributed by atoms with Crippen LogP contribution in [0.3, 0.4) is 0 Å². The van der Waals surface area contributed by atoms with Crippen molar-refractivity contribution in [2.24, 2.45) is 5.73 Å². The summed E-state index contributed by atoms with van der Waals surface area (Å²) in [7, 11) is 0. The first kappa shape index (κ1) is 14.9. The molecule has 0 aliphatic carbocycles. The SMILES string of the molecule is CCOC(=O)CSCC(N)c1ccc(F)cc1F. The van der Waals surface area contributed by atoms with E-state index in [0.717, 1.165) is 12.1 Å². The van der Waals surface area contributed by atoms with Crippen LogP contribution in [0.2, 0.25) is 0 Å². The molecule has 100 valence electrons. The highest BCUT2D eigenvalue weighted by atomic mass is 32.2. The van der Waals surface area contributed by atoms with Gasteiger partial charge >= 0.3 is 5.97 Å². The summed E-state index contributed by atoms with van der Waals surface area (Å²) in [6.45, 7) is 2.06. The van der Waals surface area contributed by atoms with Crippen molar-refractivity contribution >= 4 is 17.7 Å². The Kier molecular flexibility index (Phi) is 6.07. The summed E-state index contributed by atoms with van der Waals surface area (Å²) in [6, 6.07) is 2.70. The van der Waals surface area contributed by atoms with E-state index in [-0.39, 0.29) is 17.3 Å². The molecule has 1 aromatic rings. The Bertz CT molecular complexity index is 415. The monoisotopic (exact) mass is 275 g/mol. The van der Waals surface area contributed by atoms with Crippen molar-refractivity contribution in [3.05, 3.63) is 35.4 Å². The zero-order valence-corrected chi connectivity index (χ0v) is 10.8. The molecule has 0 fully saturated rings. The van der Waals surface area contributed by atoms with Crippen LogP contribution in [0.25, 0.3) is 0 Å². The number of esters is 1. The van der Waals surface area contributed by atoms with Gasteiger partial charge < -0.3 is 10.5 Å². The molecular weight excluding hydrogens is 260 g/mol. The number of halogens is 2. The molecule has 2 N–H and O–H groups in total. The number of benzene rings is 1. The molecule has 1 atom stereocenters. The van der Waals surface area contributed by atoms with Gasteiger partial charge in [0.25, 0.3) is 0 Å². The first-order chi connectivity index (χ1) is 8.54. The number of nitrogens with two attached hydrogens (primary N) is 1. The first-order valence-electron chi connectivity index (χ1n) is 5.48. The molecule has 1 aromatic carbocycles. The lowest BCUT2D eigenvalue weighted by Gasteiger charge is -2.12. The van der Waals surface area contributed by atoms with Gasteiger partial charge in [-0.25, -0.2) is 8.78 Å². The van der Waals surface area contributed by atoms with Crippen molar-refractivity contribution in [2.45, 2.75) is 13.0 Å². The predicted octanol–water partition coefficient (Wildman–Crippen LogP) is 2.26. The summed E-state index contributed by atoms with van der Waals surface area (Å²) in [5.74, 6) is -1.10. The maximum absolute atomic E-state index is 13.4. The molecule has 0 saturated heterocycles. The lowest BCUT2D eigenvalue weighted by Crippen LogP contribution is -2.16. The van der Waals surface area contributed by atoms with E-state index in [4.69, 9.17) is 10.5 Å². The lowest BCUT2D eigenvalue weighted by atomic mass is 10.1. The van der Waals surface area contributed by atoms with E-state index in [1.165, 1.54) is 17.8 Å². The van der Waals surface area contributed by atoms with Crippen molar-refractivity contribution in [1.82, 2.24) is 0 Å². The van der Waals surface area contributed by atoms with Gasteiger partial charge in [0.1, 0.15) is 11.6 Å². The summed E-state index contributed by atoms with van der Waals surface area (Å²) in [5, 5.41) is 0. The zero-order valence-electron chi connectivity index (χ0n) is 9.99. The van der Waals surface area contributed by atoms with Crippen molar-refractivity contribution in [3.63, 3.8) is 0 Å².